The fourth-order valence-corrected chi connectivity index (χ4v) is 1.86. The summed E-state index contributed by atoms with van der Waals surface area (Å²) in [6, 6.07) is 10.2. The molecular formula is C15H15NO4. The largest absolute Gasteiger partial charge is 0.493 e. The van der Waals surface area contributed by atoms with Crippen molar-refractivity contribution in [2.45, 2.75) is 0 Å². The Balaban J connectivity index is 2.47. The molecular weight excluding hydrogens is 258 g/mol. The van der Waals surface area contributed by atoms with Crippen LogP contribution in [0.25, 0.3) is 0 Å². The minimum Gasteiger partial charge on any atom is -0.493 e. The predicted molar refractivity (Wildman–Crippen MR) is 73.8 cm³/mol. The van der Waals surface area contributed by atoms with Gasteiger partial charge in [0.25, 0.3) is 0 Å². The molecule has 104 valence electrons. The Morgan fingerprint density at radius 2 is 1.70 bits per heavy atom. The van der Waals surface area contributed by atoms with Gasteiger partial charge in [0.1, 0.15) is 5.69 Å². The van der Waals surface area contributed by atoms with E-state index in [-0.39, 0.29) is 11.5 Å². The van der Waals surface area contributed by atoms with Gasteiger partial charge in [-0.1, -0.05) is 12.1 Å². The van der Waals surface area contributed by atoms with Crippen molar-refractivity contribution in [3.05, 3.63) is 47.7 Å². The van der Waals surface area contributed by atoms with E-state index < -0.39 is 0 Å². The fraction of sp³-hybridized carbons (Fsp3) is 0.200. The minimum absolute atomic E-state index is 0.250. The fourth-order valence-electron chi connectivity index (χ4n) is 1.86. The monoisotopic (exact) mass is 273 g/mol. The summed E-state index contributed by atoms with van der Waals surface area (Å²) >= 11 is 0. The summed E-state index contributed by atoms with van der Waals surface area (Å²) < 4.78 is 15.5. The highest BCUT2D eigenvalue weighted by Crippen LogP contribution is 2.32. The van der Waals surface area contributed by atoms with Gasteiger partial charge in [-0.2, -0.15) is 0 Å². The molecule has 0 aliphatic rings. The molecule has 0 atom stereocenters. The molecule has 5 heteroatoms. The molecule has 1 aromatic heterocycles. The summed E-state index contributed by atoms with van der Waals surface area (Å²) in [4.78, 5) is 16.6. The number of hydrogen-bond acceptors (Lipinski definition) is 5. The number of rotatable bonds is 5. The van der Waals surface area contributed by atoms with Gasteiger partial charge in [0, 0.05) is 6.07 Å². The molecule has 0 saturated heterocycles. The SMILES string of the molecule is COc1cccc(C(=O)c2cccc(OC)c2OC)n1. The van der Waals surface area contributed by atoms with Crippen LogP contribution in [0.1, 0.15) is 16.1 Å². The van der Waals surface area contributed by atoms with Gasteiger partial charge in [-0.25, -0.2) is 4.98 Å². The molecule has 0 aliphatic carbocycles. The molecule has 1 aromatic carbocycles. The lowest BCUT2D eigenvalue weighted by atomic mass is 10.1. The van der Waals surface area contributed by atoms with Crippen LogP contribution >= 0.6 is 0 Å². The summed E-state index contributed by atoms with van der Waals surface area (Å²) in [5, 5.41) is 0. The first-order valence-electron chi connectivity index (χ1n) is 5.98. The molecule has 2 rings (SSSR count). The number of para-hydroxylation sites is 1. The number of ketones is 1. The summed E-state index contributed by atoms with van der Waals surface area (Å²) in [6.07, 6.45) is 0. The highest BCUT2D eigenvalue weighted by atomic mass is 16.5. The summed E-state index contributed by atoms with van der Waals surface area (Å²) in [6.45, 7) is 0. The number of carbonyl (C=O) groups excluding carboxylic acids is 1. The topological polar surface area (TPSA) is 57.7 Å². The third-order valence-corrected chi connectivity index (χ3v) is 2.81. The molecule has 5 nitrogen and oxygen atoms in total. The quantitative estimate of drug-likeness (QED) is 0.783. The molecule has 0 fully saturated rings. The maximum atomic E-state index is 12.5. The van der Waals surface area contributed by atoms with Crippen LogP contribution in [0.15, 0.2) is 36.4 Å². The van der Waals surface area contributed by atoms with Gasteiger partial charge < -0.3 is 14.2 Å². The van der Waals surface area contributed by atoms with Crippen molar-refractivity contribution >= 4 is 5.78 Å². The van der Waals surface area contributed by atoms with Gasteiger partial charge in [-0.15, -0.1) is 0 Å². The number of nitrogens with zero attached hydrogens (tertiary/aromatic N) is 1. The molecule has 0 aliphatic heterocycles. The normalized spacial score (nSPS) is 9.95. The van der Waals surface area contributed by atoms with Crippen LogP contribution in [0.3, 0.4) is 0 Å². The Hall–Kier alpha value is -2.56. The Kier molecular flexibility index (Phi) is 4.20. The van der Waals surface area contributed by atoms with Gasteiger partial charge in [0.2, 0.25) is 11.7 Å². The van der Waals surface area contributed by atoms with Crippen LogP contribution in [0, 0.1) is 0 Å². The van der Waals surface area contributed by atoms with E-state index in [9.17, 15) is 4.79 Å². The first kappa shape index (κ1) is 13.9. The second kappa shape index (κ2) is 6.06. The highest BCUT2D eigenvalue weighted by Gasteiger charge is 2.19. The van der Waals surface area contributed by atoms with E-state index in [4.69, 9.17) is 14.2 Å². The third kappa shape index (κ3) is 2.56. The second-order valence-electron chi connectivity index (χ2n) is 3.94. The Morgan fingerprint density at radius 1 is 0.950 bits per heavy atom. The lowest BCUT2D eigenvalue weighted by Crippen LogP contribution is -2.07. The van der Waals surface area contributed by atoms with Crippen LogP contribution < -0.4 is 14.2 Å². The van der Waals surface area contributed by atoms with Crippen LogP contribution in [0.5, 0.6) is 17.4 Å². The molecule has 20 heavy (non-hydrogen) atoms. The first-order valence-corrected chi connectivity index (χ1v) is 5.98. The zero-order valence-corrected chi connectivity index (χ0v) is 11.5. The second-order valence-corrected chi connectivity index (χ2v) is 3.94. The van der Waals surface area contributed by atoms with Crippen LogP contribution in [-0.4, -0.2) is 32.1 Å². The first-order chi connectivity index (χ1) is 9.71. The lowest BCUT2D eigenvalue weighted by molar-refractivity contribution is 0.103. The summed E-state index contributed by atoms with van der Waals surface area (Å²) in [5.74, 6) is 1.03. The van der Waals surface area contributed by atoms with Crippen molar-refractivity contribution < 1.29 is 19.0 Å². The van der Waals surface area contributed by atoms with E-state index in [1.165, 1.54) is 21.3 Å². The number of carbonyl (C=O) groups is 1. The smallest absolute Gasteiger partial charge is 0.215 e. The van der Waals surface area contributed by atoms with E-state index in [2.05, 4.69) is 4.98 Å². The molecule has 0 spiro atoms. The average Bonchev–Trinajstić information content (AvgIpc) is 2.53. The Labute approximate surface area is 117 Å². The van der Waals surface area contributed by atoms with Crippen LogP contribution in [0.4, 0.5) is 0 Å². The maximum absolute atomic E-state index is 12.5. The number of ether oxygens (including phenoxy) is 3. The molecule has 0 saturated carbocycles. The van der Waals surface area contributed by atoms with Crippen molar-refractivity contribution in [2.75, 3.05) is 21.3 Å². The standard InChI is InChI=1S/C15H15NO4/c1-18-12-8-4-6-10(15(12)20-3)14(17)11-7-5-9-13(16-11)19-2/h4-9H,1-3H3. The van der Waals surface area contributed by atoms with Gasteiger partial charge in [-0.05, 0) is 18.2 Å². The van der Waals surface area contributed by atoms with E-state index >= 15 is 0 Å². The molecule has 0 bridgehead atoms. The molecule has 2 aromatic rings. The van der Waals surface area contributed by atoms with Gasteiger partial charge in [-0.3, -0.25) is 4.79 Å². The van der Waals surface area contributed by atoms with E-state index in [0.29, 0.717) is 22.9 Å². The molecule has 0 N–H and O–H groups in total. The lowest BCUT2D eigenvalue weighted by Gasteiger charge is -2.11. The molecule has 1 heterocycles. The number of benzene rings is 1. The number of hydrogen-bond donors (Lipinski definition) is 0. The van der Waals surface area contributed by atoms with E-state index in [0.717, 1.165) is 0 Å². The zero-order chi connectivity index (χ0) is 14.5. The number of aromatic nitrogens is 1. The zero-order valence-electron chi connectivity index (χ0n) is 11.5. The van der Waals surface area contributed by atoms with E-state index in [1.807, 2.05) is 0 Å². The molecule has 0 radical (unpaired) electrons. The van der Waals surface area contributed by atoms with Crippen molar-refractivity contribution in [1.82, 2.24) is 4.98 Å². The van der Waals surface area contributed by atoms with Crippen LogP contribution in [0.2, 0.25) is 0 Å². The minimum atomic E-state index is -0.250. The number of pyridine rings is 1. The Morgan fingerprint density at radius 3 is 2.35 bits per heavy atom. The number of methoxy groups -OCH3 is 3. The van der Waals surface area contributed by atoms with Gasteiger partial charge >= 0.3 is 0 Å². The predicted octanol–water partition coefficient (Wildman–Crippen LogP) is 2.34. The average molecular weight is 273 g/mol. The van der Waals surface area contributed by atoms with Crippen LogP contribution in [-0.2, 0) is 0 Å². The third-order valence-electron chi connectivity index (χ3n) is 2.81. The van der Waals surface area contributed by atoms with E-state index in [1.54, 1.807) is 36.4 Å². The van der Waals surface area contributed by atoms with Crippen molar-refractivity contribution in [3.8, 4) is 17.4 Å². The van der Waals surface area contributed by atoms with Crippen molar-refractivity contribution in [1.29, 1.82) is 0 Å². The Bertz CT molecular complexity index is 625. The highest BCUT2D eigenvalue weighted by molar-refractivity contribution is 6.10. The molecule has 0 amide bonds. The van der Waals surface area contributed by atoms with Gasteiger partial charge in [0.15, 0.2) is 11.5 Å². The van der Waals surface area contributed by atoms with Gasteiger partial charge in [0.05, 0.1) is 26.9 Å². The van der Waals surface area contributed by atoms with Crippen molar-refractivity contribution in [3.63, 3.8) is 0 Å². The molecule has 0 unspecified atom stereocenters. The summed E-state index contributed by atoms with van der Waals surface area (Å²) in [5.41, 5.74) is 0.684. The maximum Gasteiger partial charge on any atom is 0.215 e. The van der Waals surface area contributed by atoms with Crippen molar-refractivity contribution in [2.24, 2.45) is 0 Å². The summed E-state index contributed by atoms with van der Waals surface area (Å²) in [7, 11) is 4.52.